The van der Waals surface area contributed by atoms with E-state index in [1.807, 2.05) is 0 Å². The minimum absolute atomic E-state index is 0.167. The summed E-state index contributed by atoms with van der Waals surface area (Å²) in [5.41, 5.74) is 1.15. The maximum atomic E-state index is 14.1. The van der Waals surface area contributed by atoms with E-state index in [9.17, 15) is 9.18 Å². The Bertz CT molecular complexity index is 580. The van der Waals surface area contributed by atoms with Crippen molar-refractivity contribution in [2.75, 3.05) is 7.11 Å². The Morgan fingerprint density at radius 1 is 1.37 bits per heavy atom. The molecule has 2 nitrogen and oxygen atoms in total. The summed E-state index contributed by atoms with van der Waals surface area (Å²) in [6.45, 7) is 0. The number of allylic oxidation sites excluding steroid dienone is 1. The number of methoxy groups -OCH3 is 1. The van der Waals surface area contributed by atoms with Gasteiger partial charge in [-0.3, -0.25) is 4.79 Å². The fraction of sp³-hybridized carbons (Fsp3) is 0.400. The van der Waals surface area contributed by atoms with Crippen LogP contribution in [0.5, 0.6) is 5.75 Å². The van der Waals surface area contributed by atoms with E-state index in [0.717, 1.165) is 24.8 Å². The Balaban J connectivity index is 2.06. The highest BCUT2D eigenvalue weighted by Crippen LogP contribution is 2.46. The van der Waals surface area contributed by atoms with Crippen molar-refractivity contribution in [3.8, 4) is 5.75 Å². The van der Waals surface area contributed by atoms with Gasteiger partial charge in [-0.15, -0.1) is 0 Å². The lowest BCUT2D eigenvalue weighted by molar-refractivity contribution is -0.118. The number of carbonyl (C=O) groups excluding carboxylic acids is 1. The van der Waals surface area contributed by atoms with Crippen molar-refractivity contribution in [2.45, 2.75) is 19.3 Å². The van der Waals surface area contributed by atoms with Crippen LogP contribution in [0, 0.1) is 17.7 Å². The molecule has 2 atom stereocenters. The Morgan fingerprint density at radius 3 is 2.74 bits per heavy atom. The van der Waals surface area contributed by atoms with Crippen molar-refractivity contribution < 1.29 is 13.9 Å². The molecule has 2 aliphatic rings. The van der Waals surface area contributed by atoms with Gasteiger partial charge in [-0.05, 0) is 49.0 Å². The van der Waals surface area contributed by atoms with Crippen LogP contribution in [0.3, 0.4) is 0 Å². The van der Waals surface area contributed by atoms with Crippen molar-refractivity contribution >= 4 is 27.8 Å². The van der Waals surface area contributed by atoms with E-state index in [1.165, 1.54) is 13.2 Å². The van der Waals surface area contributed by atoms with Crippen LogP contribution in [0.1, 0.15) is 24.8 Å². The first-order valence-corrected chi connectivity index (χ1v) is 7.18. The van der Waals surface area contributed by atoms with Crippen LogP contribution in [0.25, 0.3) is 6.08 Å². The van der Waals surface area contributed by atoms with E-state index in [4.69, 9.17) is 4.74 Å². The Morgan fingerprint density at radius 2 is 2.11 bits per heavy atom. The van der Waals surface area contributed by atoms with Gasteiger partial charge in [0, 0.05) is 10.4 Å². The lowest BCUT2D eigenvalue weighted by Gasteiger charge is -2.14. The van der Waals surface area contributed by atoms with Crippen LogP contribution < -0.4 is 4.74 Å². The molecule has 3 rings (SSSR count). The standard InChI is InChI=1S/C15H14BrFO2/c1-19-14-6-10(16)5-13(17)12(14)7-11-8-2-3-9(4-8)15(11)18/h5-9H,2-4H2,1H3. The van der Waals surface area contributed by atoms with Gasteiger partial charge in [0.05, 0.1) is 12.7 Å². The average Bonchev–Trinajstić information content (AvgIpc) is 2.95. The maximum absolute atomic E-state index is 14.1. The molecule has 0 spiro atoms. The molecule has 0 heterocycles. The number of rotatable bonds is 2. The number of fused-ring (bicyclic) bond motifs is 2. The monoisotopic (exact) mass is 324 g/mol. The second-order valence-electron chi connectivity index (χ2n) is 5.17. The third-order valence-corrected chi connectivity index (χ3v) is 4.56. The van der Waals surface area contributed by atoms with Gasteiger partial charge in [-0.2, -0.15) is 0 Å². The molecule has 2 bridgehead atoms. The third kappa shape index (κ3) is 2.12. The minimum Gasteiger partial charge on any atom is -0.496 e. The van der Waals surface area contributed by atoms with Crippen LogP contribution in [-0.4, -0.2) is 12.9 Å². The van der Waals surface area contributed by atoms with Gasteiger partial charge in [0.15, 0.2) is 5.78 Å². The zero-order valence-corrected chi connectivity index (χ0v) is 12.2. The zero-order chi connectivity index (χ0) is 13.6. The molecule has 2 fully saturated rings. The zero-order valence-electron chi connectivity index (χ0n) is 10.6. The molecule has 0 aromatic heterocycles. The summed E-state index contributed by atoms with van der Waals surface area (Å²) >= 11 is 3.24. The summed E-state index contributed by atoms with van der Waals surface area (Å²) in [6.07, 6.45) is 4.65. The highest BCUT2D eigenvalue weighted by molar-refractivity contribution is 9.10. The van der Waals surface area contributed by atoms with Crippen LogP contribution in [0.2, 0.25) is 0 Å². The average molecular weight is 325 g/mol. The summed E-state index contributed by atoms with van der Waals surface area (Å²) < 4.78 is 19.9. The largest absolute Gasteiger partial charge is 0.496 e. The molecule has 4 heteroatoms. The number of hydrogen-bond donors (Lipinski definition) is 0. The Hall–Kier alpha value is -1.16. The normalized spacial score (nSPS) is 27.3. The number of ether oxygens (including phenoxy) is 1. The van der Waals surface area contributed by atoms with E-state index in [2.05, 4.69) is 15.9 Å². The smallest absolute Gasteiger partial charge is 0.162 e. The number of hydrogen-bond acceptors (Lipinski definition) is 2. The second kappa shape index (κ2) is 4.75. The van der Waals surface area contributed by atoms with Crippen LogP contribution in [-0.2, 0) is 4.79 Å². The van der Waals surface area contributed by atoms with Gasteiger partial charge < -0.3 is 4.74 Å². The minimum atomic E-state index is -0.366. The number of halogens is 2. The first-order chi connectivity index (χ1) is 9.10. The third-order valence-electron chi connectivity index (χ3n) is 4.10. The predicted molar refractivity (Wildman–Crippen MR) is 74.5 cm³/mol. The van der Waals surface area contributed by atoms with Gasteiger partial charge in [0.2, 0.25) is 0 Å². The molecule has 100 valence electrons. The SMILES string of the molecule is COc1cc(Br)cc(F)c1C=C1C(=O)C2CCC1C2. The molecule has 0 aliphatic heterocycles. The fourth-order valence-electron chi connectivity index (χ4n) is 3.15. The quantitative estimate of drug-likeness (QED) is 0.769. The van der Waals surface area contributed by atoms with E-state index in [-0.39, 0.29) is 17.5 Å². The lowest BCUT2D eigenvalue weighted by Crippen LogP contribution is -2.12. The maximum Gasteiger partial charge on any atom is 0.162 e. The second-order valence-corrected chi connectivity index (χ2v) is 6.09. The van der Waals surface area contributed by atoms with E-state index in [0.29, 0.717) is 21.7 Å². The van der Waals surface area contributed by atoms with Gasteiger partial charge in [0.25, 0.3) is 0 Å². The molecule has 2 saturated carbocycles. The highest BCUT2D eigenvalue weighted by Gasteiger charge is 2.42. The Labute approximate surface area is 119 Å². The summed E-state index contributed by atoms with van der Waals surface area (Å²) in [6, 6.07) is 3.11. The lowest BCUT2D eigenvalue weighted by atomic mass is 9.92. The molecule has 0 radical (unpaired) electrons. The van der Waals surface area contributed by atoms with Gasteiger partial charge >= 0.3 is 0 Å². The topological polar surface area (TPSA) is 26.3 Å². The van der Waals surface area contributed by atoms with Crippen molar-refractivity contribution in [3.63, 3.8) is 0 Å². The molecule has 2 aliphatic carbocycles. The molecular weight excluding hydrogens is 311 g/mol. The summed E-state index contributed by atoms with van der Waals surface area (Å²) in [7, 11) is 1.51. The van der Waals surface area contributed by atoms with E-state index < -0.39 is 0 Å². The van der Waals surface area contributed by atoms with Gasteiger partial charge in [0.1, 0.15) is 11.6 Å². The summed E-state index contributed by atoms with van der Waals surface area (Å²) in [5.74, 6) is 0.760. The summed E-state index contributed by atoms with van der Waals surface area (Å²) in [4.78, 5) is 12.1. The number of ketones is 1. The van der Waals surface area contributed by atoms with Gasteiger partial charge in [-0.1, -0.05) is 15.9 Å². The molecule has 19 heavy (non-hydrogen) atoms. The molecule has 1 aromatic carbocycles. The molecular formula is C15H14BrFO2. The summed E-state index contributed by atoms with van der Waals surface area (Å²) in [5, 5.41) is 0. The van der Waals surface area contributed by atoms with Crippen molar-refractivity contribution in [2.24, 2.45) is 11.8 Å². The van der Waals surface area contributed by atoms with Crippen molar-refractivity contribution in [1.29, 1.82) is 0 Å². The highest BCUT2D eigenvalue weighted by atomic mass is 79.9. The van der Waals surface area contributed by atoms with E-state index in [1.54, 1.807) is 12.1 Å². The van der Waals surface area contributed by atoms with Crippen molar-refractivity contribution in [3.05, 3.63) is 33.6 Å². The first-order valence-electron chi connectivity index (χ1n) is 6.39. The first kappa shape index (κ1) is 12.9. The Kier molecular flexibility index (Phi) is 3.21. The fourth-order valence-corrected chi connectivity index (χ4v) is 3.56. The van der Waals surface area contributed by atoms with Crippen LogP contribution >= 0.6 is 15.9 Å². The van der Waals surface area contributed by atoms with Crippen LogP contribution in [0.4, 0.5) is 4.39 Å². The number of Topliss-reactive ketones (excluding diaryl/α,β-unsaturated/α-hetero) is 1. The van der Waals surface area contributed by atoms with Gasteiger partial charge in [-0.25, -0.2) is 4.39 Å². The van der Waals surface area contributed by atoms with Crippen molar-refractivity contribution in [1.82, 2.24) is 0 Å². The number of benzene rings is 1. The molecule has 2 unspecified atom stereocenters. The molecule has 0 saturated heterocycles. The molecule has 1 aromatic rings. The number of carbonyl (C=O) groups is 1. The molecule has 0 amide bonds. The molecule has 0 N–H and O–H groups in total. The van der Waals surface area contributed by atoms with Crippen LogP contribution in [0.15, 0.2) is 22.2 Å². The van der Waals surface area contributed by atoms with E-state index >= 15 is 0 Å². The predicted octanol–water partition coefficient (Wildman–Crippen LogP) is 3.98.